The highest BCUT2D eigenvalue weighted by Crippen LogP contribution is 2.36. The van der Waals surface area contributed by atoms with Crippen LogP contribution in [-0.4, -0.2) is 34.0 Å². The fourth-order valence-corrected chi connectivity index (χ4v) is 4.26. The lowest BCUT2D eigenvalue weighted by Gasteiger charge is -2.35. The van der Waals surface area contributed by atoms with Crippen LogP contribution in [0.2, 0.25) is 10.0 Å². The van der Waals surface area contributed by atoms with E-state index in [1.165, 1.54) is 0 Å². The third-order valence-electron chi connectivity index (χ3n) is 4.94. The van der Waals surface area contributed by atoms with Crippen molar-refractivity contribution in [3.8, 4) is 0 Å². The Kier molecular flexibility index (Phi) is 4.43. The zero-order chi connectivity index (χ0) is 18.4. The van der Waals surface area contributed by atoms with Crippen LogP contribution in [0.3, 0.4) is 0 Å². The van der Waals surface area contributed by atoms with E-state index in [1.54, 1.807) is 11.0 Å². The van der Waals surface area contributed by atoms with Gasteiger partial charge >= 0.3 is 0 Å². The number of nitrogens with zero attached hydrogens (tertiary/aromatic N) is 1. The van der Waals surface area contributed by atoms with E-state index < -0.39 is 6.04 Å². The highest BCUT2D eigenvalue weighted by molar-refractivity contribution is 6.31. The lowest BCUT2D eigenvalue weighted by atomic mass is 9.96. The maximum atomic E-state index is 13.1. The Balaban J connectivity index is 1.76. The van der Waals surface area contributed by atoms with Gasteiger partial charge in [0.1, 0.15) is 0 Å². The Morgan fingerprint density at radius 1 is 1.23 bits per heavy atom. The highest BCUT2D eigenvalue weighted by Gasteiger charge is 2.33. The predicted molar refractivity (Wildman–Crippen MR) is 104 cm³/mol. The van der Waals surface area contributed by atoms with Gasteiger partial charge in [0.2, 0.25) is 0 Å². The number of amides is 1. The molecule has 1 atom stereocenters. The number of aryl methyl sites for hydroxylation is 1. The maximum Gasteiger partial charge on any atom is 0.254 e. The van der Waals surface area contributed by atoms with E-state index in [0.717, 1.165) is 27.7 Å². The monoisotopic (exact) mass is 388 g/mol. The minimum atomic E-state index is -0.420. The third kappa shape index (κ3) is 2.88. The topological polar surface area (TPSA) is 56.3 Å². The second-order valence-electron chi connectivity index (χ2n) is 6.67. The lowest BCUT2D eigenvalue weighted by molar-refractivity contribution is 0.0563. The van der Waals surface area contributed by atoms with Gasteiger partial charge < -0.3 is 15.0 Å². The van der Waals surface area contributed by atoms with E-state index >= 15 is 0 Å². The zero-order valence-corrected chi connectivity index (χ0v) is 15.7. The summed E-state index contributed by atoms with van der Waals surface area (Å²) < 4.78 is 0. The fourth-order valence-electron chi connectivity index (χ4n) is 3.80. The molecule has 1 aliphatic rings. The first-order valence-electron chi connectivity index (χ1n) is 8.47. The van der Waals surface area contributed by atoms with Crippen LogP contribution in [0, 0.1) is 6.92 Å². The molecule has 0 saturated heterocycles. The summed E-state index contributed by atoms with van der Waals surface area (Å²) in [6.07, 6.45) is 0.706. The number of carbonyl (C=O) groups is 1. The number of rotatable bonds is 2. The molecule has 0 fully saturated rings. The van der Waals surface area contributed by atoms with Crippen molar-refractivity contribution in [2.24, 2.45) is 0 Å². The van der Waals surface area contributed by atoms with E-state index in [2.05, 4.69) is 4.98 Å². The number of aromatic nitrogens is 1. The van der Waals surface area contributed by atoms with Crippen molar-refractivity contribution in [3.05, 3.63) is 68.8 Å². The highest BCUT2D eigenvalue weighted by atomic mass is 35.5. The molecular weight excluding hydrogens is 371 g/mol. The Morgan fingerprint density at radius 2 is 2.04 bits per heavy atom. The van der Waals surface area contributed by atoms with Gasteiger partial charge in [-0.3, -0.25) is 4.79 Å². The van der Waals surface area contributed by atoms with Gasteiger partial charge in [0, 0.05) is 38.8 Å². The number of fused-ring (bicyclic) bond motifs is 3. The number of aromatic amines is 1. The first kappa shape index (κ1) is 17.4. The summed E-state index contributed by atoms with van der Waals surface area (Å²) >= 11 is 12.3. The van der Waals surface area contributed by atoms with E-state index in [0.29, 0.717) is 28.6 Å². The molecule has 0 radical (unpaired) electrons. The van der Waals surface area contributed by atoms with E-state index in [9.17, 15) is 9.90 Å². The van der Waals surface area contributed by atoms with Crippen molar-refractivity contribution < 1.29 is 9.90 Å². The molecular formula is C20H18Cl2N2O2. The summed E-state index contributed by atoms with van der Waals surface area (Å²) in [5.41, 5.74) is 4.43. The van der Waals surface area contributed by atoms with Crippen LogP contribution in [0.25, 0.3) is 10.9 Å². The van der Waals surface area contributed by atoms with Gasteiger partial charge in [-0.25, -0.2) is 0 Å². The van der Waals surface area contributed by atoms with Crippen LogP contribution >= 0.6 is 23.2 Å². The normalized spacial score (nSPS) is 16.8. The van der Waals surface area contributed by atoms with Gasteiger partial charge in [-0.15, -0.1) is 0 Å². The molecule has 1 amide bonds. The van der Waals surface area contributed by atoms with E-state index in [-0.39, 0.29) is 12.5 Å². The van der Waals surface area contributed by atoms with Crippen LogP contribution < -0.4 is 0 Å². The molecule has 0 saturated carbocycles. The van der Waals surface area contributed by atoms with Crippen LogP contribution in [0.15, 0.2) is 36.4 Å². The van der Waals surface area contributed by atoms with Gasteiger partial charge in [-0.1, -0.05) is 23.2 Å². The minimum absolute atomic E-state index is 0.128. The number of nitrogens with one attached hydrogen (secondary N) is 1. The molecule has 3 aromatic rings. The second kappa shape index (κ2) is 6.62. The second-order valence-corrected chi connectivity index (χ2v) is 7.54. The molecule has 0 spiro atoms. The number of carbonyl (C=O) groups excluding carboxylic acids is 1. The average molecular weight is 389 g/mol. The zero-order valence-electron chi connectivity index (χ0n) is 14.2. The molecule has 134 valence electrons. The summed E-state index contributed by atoms with van der Waals surface area (Å²) in [6.45, 7) is 2.28. The Morgan fingerprint density at radius 3 is 2.77 bits per heavy atom. The molecule has 6 heteroatoms. The van der Waals surface area contributed by atoms with Crippen LogP contribution in [-0.2, 0) is 6.42 Å². The summed E-state index contributed by atoms with van der Waals surface area (Å²) in [5.74, 6) is -0.128. The molecule has 0 bridgehead atoms. The molecule has 1 aromatic heterocycles. The third-order valence-corrected chi connectivity index (χ3v) is 5.39. The van der Waals surface area contributed by atoms with Crippen molar-refractivity contribution in [1.82, 2.24) is 9.88 Å². The molecule has 2 aromatic carbocycles. The number of aliphatic hydroxyl groups is 1. The van der Waals surface area contributed by atoms with E-state index in [4.69, 9.17) is 23.2 Å². The first-order valence-corrected chi connectivity index (χ1v) is 9.22. The summed E-state index contributed by atoms with van der Waals surface area (Å²) in [4.78, 5) is 18.2. The average Bonchev–Trinajstić information content (AvgIpc) is 2.97. The number of aliphatic hydroxyl groups excluding tert-OH is 1. The molecule has 4 rings (SSSR count). The molecule has 1 unspecified atom stereocenters. The molecule has 1 aliphatic heterocycles. The van der Waals surface area contributed by atoms with Crippen LogP contribution in [0.1, 0.15) is 33.2 Å². The van der Waals surface area contributed by atoms with Crippen molar-refractivity contribution in [2.75, 3.05) is 13.2 Å². The lowest BCUT2D eigenvalue weighted by Crippen LogP contribution is -2.41. The first-order chi connectivity index (χ1) is 12.5. The minimum Gasteiger partial charge on any atom is -0.394 e. The largest absolute Gasteiger partial charge is 0.394 e. The van der Waals surface area contributed by atoms with Crippen molar-refractivity contribution in [3.63, 3.8) is 0 Å². The van der Waals surface area contributed by atoms with Crippen LogP contribution in [0.5, 0.6) is 0 Å². The number of benzene rings is 2. The van der Waals surface area contributed by atoms with Crippen molar-refractivity contribution >= 4 is 40.0 Å². The van der Waals surface area contributed by atoms with Gasteiger partial charge in [-0.05, 0) is 60.9 Å². The molecule has 4 nitrogen and oxygen atoms in total. The standard InChI is InChI=1S/C20H18Cl2N2O2/c1-11-6-12(8-14(22)7-11)20(26)24-5-4-15-16-9-13(21)2-3-17(16)23-19(15)18(24)10-25/h2-3,6-9,18,23,25H,4-5,10H2,1H3. The number of hydrogen-bond donors (Lipinski definition) is 2. The Bertz CT molecular complexity index is 992. The van der Waals surface area contributed by atoms with Gasteiger partial charge in [0.25, 0.3) is 5.91 Å². The van der Waals surface area contributed by atoms with Gasteiger partial charge in [0.15, 0.2) is 0 Å². The molecule has 2 N–H and O–H groups in total. The van der Waals surface area contributed by atoms with Crippen LogP contribution in [0.4, 0.5) is 0 Å². The molecule has 2 heterocycles. The molecule has 26 heavy (non-hydrogen) atoms. The SMILES string of the molecule is Cc1cc(Cl)cc(C(=O)N2CCc3c([nH]c4ccc(Cl)cc34)C2CO)c1. The Hall–Kier alpha value is -2.01. The predicted octanol–water partition coefficient (Wildman–Crippen LogP) is 4.52. The summed E-state index contributed by atoms with van der Waals surface area (Å²) in [6, 6.07) is 10.6. The number of halogens is 2. The van der Waals surface area contributed by atoms with E-state index in [1.807, 2.05) is 37.3 Å². The van der Waals surface area contributed by atoms with Gasteiger partial charge in [0.05, 0.1) is 12.6 Å². The summed E-state index contributed by atoms with van der Waals surface area (Å²) in [7, 11) is 0. The maximum absolute atomic E-state index is 13.1. The smallest absolute Gasteiger partial charge is 0.254 e. The number of hydrogen-bond acceptors (Lipinski definition) is 2. The summed E-state index contributed by atoms with van der Waals surface area (Å²) in [5, 5.41) is 12.3. The fraction of sp³-hybridized carbons (Fsp3) is 0.250. The van der Waals surface area contributed by atoms with Crippen molar-refractivity contribution in [1.29, 1.82) is 0 Å². The quantitative estimate of drug-likeness (QED) is 0.678. The van der Waals surface area contributed by atoms with Crippen molar-refractivity contribution in [2.45, 2.75) is 19.4 Å². The Labute approximate surface area is 161 Å². The molecule has 0 aliphatic carbocycles. The van der Waals surface area contributed by atoms with Gasteiger partial charge in [-0.2, -0.15) is 0 Å². The number of H-pyrrole nitrogens is 1.